The molecule has 1 amide bonds. The van der Waals surface area contributed by atoms with E-state index in [0.717, 1.165) is 26.1 Å². The Hall–Kier alpha value is -2.71. The molecule has 2 saturated heterocycles. The average molecular weight is 368 g/mol. The predicted molar refractivity (Wildman–Crippen MR) is 102 cm³/mol. The van der Waals surface area contributed by atoms with Gasteiger partial charge in [0.05, 0.1) is 11.6 Å². The Balaban J connectivity index is 1.46. The molecule has 3 heterocycles. The van der Waals surface area contributed by atoms with Gasteiger partial charge in [-0.15, -0.1) is 0 Å². The second kappa shape index (κ2) is 7.13. The van der Waals surface area contributed by atoms with Crippen molar-refractivity contribution in [3.63, 3.8) is 0 Å². The number of hydrogen-bond acceptors (Lipinski definition) is 7. The number of nitrogens with one attached hydrogen (secondary N) is 1. The van der Waals surface area contributed by atoms with E-state index in [1.165, 1.54) is 23.6 Å². The maximum atomic E-state index is 11.4. The lowest BCUT2D eigenvalue weighted by Crippen LogP contribution is -2.47. The zero-order valence-corrected chi connectivity index (χ0v) is 15.5. The topological polar surface area (TPSA) is 84.8 Å². The summed E-state index contributed by atoms with van der Waals surface area (Å²) >= 11 is 0. The van der Waals surface area contributed by atoms with Crippen LogP contribution in [-0.4, -0.2) is 65.3 Å². The predicted octanol–water partition coefficient (Wildman–Crippen LogP) is 1.12. The fourth-order valence-electron chi connectivity index (χ4n) is 4.08. The van der Waals surface area contributed by atoms with Gasteiger partial charge in [-0.1, -0.05) is 12.1 Å². The van der Waals surface area contributed by atoms with Gasteiger partial charge in [0.1, 0.15) is 0 Å². The smallest absolute Gasteiger partial charge is 0.277 e. The molecular weight excluding hydrogens is 344 g/mol. The Bertz CT molecular complexity index is 825. The summed E-state index contributed by atoms with van der Waals surface area (Å²) in [6.07, 6.45) is 3.98. The first kappa shape index (κ1) is 17.7. The van der Waals surface area contributed by atoms with Gasteiger partial charge in [0.25, 0.3) is 5.91 Å². The van der Waals surface area contributed by atoms with Crippen molar-refractivity contribution in [2.45, 2.75) is 25.0 Å². The van der Waals surface area contributed by atoms with E-state index in [1.807, 2.05) is 0 Å². The molecule has 27 heavy (non-hydrogen) atoms. The van der Waals surface area contributed by atoms with Crippen LogP contribution in [0.2, 0.25) is 0 Å². The number of benzene rings is 1. The van der Waals surface area contributed by atoms with Crippen LogP contribution in [0, 0.1) is 0 Å². The Labute approximate surface area is 158 Å². The number of hydroxylamine groups is 1. The van der Waals surface area contributed by atoms with E-state index in [1.54, 1.807) is 5.48 Å². The fraction of sp³-hybridized carbons (Fsp3) is 0.421. The lowest BCUT2D eigenvalue weighted by Gasteiger charge is -2.35. The van der Waals surface area contributed by atoms with E-state index in [0.29, 0.717) is 18.0 Å². The first-order chi connectivity index (χ1) is 13.0. The van der Waals surface area contributed by atoms with E-state index in [2.05, 4.69) is 63.0 Å². The van der Waals surface area contributed by atoms with Crippen molar-refractivity contribution in [2.75, 3.05) is 37.0 Å². The third kappa shape index (κ3) is 3.45. The molecule has 8 nitrogen and oxygen atoms in total. The molecule has 2 bridgehead atoms. The minimum Gasteiger partial charge on any atom is -0.365 e. The molecule has 0 spiro atoms. The molecule has 2 aliphatic rings. The normalized spacial score (nSPS) is 21.2. The van der Waals surface area contributed by atoms with E-state index in [4.69, 9.17) is 5.21 Å². The minimum absolute atomic E-state index is 0.241. The van der Waals surface area contributed by atoms with Crippen LogP contribution in [0.1, 0.15) is 22.3 Å². The van der Waals surface area contributed by atoms with Gasteiger partial charge in [-0.05, 0) is 38.2 Å². The van der Waals surface area contributed by atoms with Gasteiger partial charge in [-0.25, -0.2) is 15.4 Å². The first-order valence-corrected chi connectivity index (χ1v) is 9.08. The van der Waals surface area contributed by atoms with Crippen LogP contribution in [0.15, 0.2) is 36.7 Å². The van der Waals surface area contributed by atoms with Crippen molar-refractivity contribution in [1.29, 1.82) is 0 Å². The molecule has 2 atom stereocenters. The first-order valence-electron chi connectivity index (χ1n) is 9.08. The second-order valence-corrected chi connectivity index (χ2v) is 7.47. The number of carbonyl (C=O) groups excluding carboxylic acids is 1. The monoisotopic (exact) mass is 368 g/mol. The van der Waals surface area contributed by atoms with Crippen LogP contribution in [0.3, 0.4) is 0 Å². The molecule has 8 heteroatoms. The summed E-state index contributed by atoms with van der Waals surface area (Å²) in [5.74, 6) is 0.0336. The summed E-state index contributed by atoms with van der Waals surface area (Å²) < 4.78 is 0. The minimum atomic E-state index is -0.603. The molecule has 1 aromatic heterocycles. The highest BCUT2D eigenvalue weighted by molar-refractivity contribution is 5.92. The Kier molecular flexibility index (Phi) is 4.67. The van der Waals surface area contributed by atoms with Gasteiger partial charge in [-0.2, -0.15) is 0 Å². The molecular formula is C19H24N6O2. The number of carbonyl (C=O) groups is 1. The lowest BCUT2D eigenvalue weighted by molar-refractivity contribution is 0.0705. The number of anilines is 2. The van der Waals surface area contributed by atoms with Crippen molar-refractivity contribution < 1.29 is 10.0 Å². The number of rotatable bonds is 5. The molecule has 2 aliphatic heterocycles. The lowest BCUT2D eigenvalue weighted by atomic mass is 10.1. The summed E-state index contributed by atoms with van der Waals surface area (Å²) in [7, 11) is 4.16. The SMILES string of the molecule is CN(C)Cc1cccc(N2CC3CC2CN3c2ncc(C(=O)NO)cn2)c1. The van der Waals surface area contributed by atoms with Gasteiger partial charge in [-0.3, -0.25) is 10.0 Å². The van der Waals surface area contributed by atoms with Crippen LogP contribution >= 0.6 is 0 Å². The van der Waals surface area contributed by atoms with Crippen LogP contribution in [-0.2, 0) is 6.54 Å². The quantitative estimate of drug-likeness (QED) is 0.604. The van der Waals surface area contributed by atoms with Gasteiger partial charge in [0.2, 0.25) is 5.95 Å². The zero-order chi connectivity index (χ0) is 19.0. The zero-order valence-electron chi connectivity index (χ0n) is 15.5. The molecule has 2 N–H and O–H groups in total. The van der Waals surface area contributed by atoms with Crippen molar-refractivity contribution in [3.05, 3.63) is 47.8 Å². The molecule has 2 fully saturated rings. The van der Waals surface area contributed by atoms with E-state index >= 15 is 0 Å². The largest absolute Gasteiger partial charge is 0.365 e. The Morgan fingerprint density at radius 2 is 1.93 bits per heavy atom. The third-order valence-electron chi connectivity index (χ3n) is 5.24. The number of fused-ring (bicyclic) bond motifs is 2. The van der Waals surface area contributed by atoms with E-state index in [9.17, 15) is 4.79 Å². The molecule has 4 rings (SSSR count). The average Bonchev–Trinajstić information content (AvgIpc) is 3.28. The molecule has 0 saturated carbocycles. The van der Waals surface area contributed by atoms with Crippen molar-refractivity contribution in [3.8, 4) is 0 Å². The second-order valence-electron chi connectivity index (χ2n) is 7.47. The molecule has 0 radical (unpaired) electrons. The fourth-order valence-corrected chi connectivity index (χ4v) is 4.08. The highest BCUT2D eigenvalue weighted by Gasteiger charge is 2.44. The number of piperazine rings is 1. The van der Waals surface area contributed by atoms with Crippen LogP contribution in [0.25, 0.3) is 0 Å². The van der Waals surface area contributed by atoms with Crippen LogP contribution in [0.5, 0.6) is 0 Å². The molecule has 0 aliphatic carbocycles. The summed E-state index contributed by atoms with van der Waals surface area (Å²) in [5, 5.41) is 8.69. The summed E-state index contributed by atoms with van der Waals surface area (Å²) in [6, 6.07) is 9.57. The third-order valence-corrected chi connectivity index (χ3v) is 5.24. The van der Waals surface area contributed by atoms with Crippen molar-refractivity contribution in [2.24, 2.45) is 0 Å². The standard InChI is InChI=1S/C19H24N6O2/c1-23(2)10-13-4-3-5-15(6-13)24-11-17-7-16(24)12-25(17)19-20-8-14(9-21-19)18(26)22-27/h3-6,8-9,16-17,27H,7,10-12H2,1-2H3,(H,22,26). The van der Waals surface area contributed by atoms with Gasteiger partial charge in [0, 0.05) is 43.8 Å². The van der Waals surface area contributed by atoms with Gasteiger partial charge in [0.15, 0.2) is 0 Å². The maximum absolute atomic E-state index is 11.4. The van der Waals surface area contributed by atoms with Crippen molar-refractivity contribution >= 4 is 17.5 Å². The molecule has 2 aromatic rings. The summed E-state index contributed by atoms with van der Waals surface area (Å²) in [4.78, 5) is 26.9. The highest BCUT2D eigenvalue weighted by atomic mass is 16.5. The number of hydrogen-bond donors (Lipinski definition) is 2. The molecule has 1 aromatic carbocycles. The molecule has 142 valence electrons. The van der Waals surface area contributed by atoms with Gasteiger partial charge < -0.3 is 14.7 Å². The Morgan fingerprint density at radius 3 is 2.56 bits per heavy atom. The molecule has 2 unspecified atom stereocenters. The van der Waals surface area contributed by atoms with Crippen molar-refractivity contribution in [1.82, 2.24) is 20.3 Å². The summed E-state index contributed by atoms with van der Waals surface area (Å²) in [6.45, 7) is 2.75. The summed E-state index contributed by atoms with van der Waals surface area (Å²) in [5.41, 5.74) is 4.43. The number of aromatic nitrogens is 2. The highest BCUT2D eigenvalue weighted by Crippen LogP contribution is 2.36. The van der Waals surface area contributed by atoms with E-state index in [-0.39, 0.29) is 5.56 Å². The number of nitrogens with zero attached hydrogens (tertiary/aromatic N) is 5. The van der Waals surface area contributed by atoms with Gasteiger partial charge >= 0.3 is 0 Å². The van der Waals surface area contributed by atoms with E-state index < -0.39 is 5.91 Å². The number of amides is 1. The maximum Gasteiger partial charge on any atom is 0.277 e. The van der Waals surface area contributed by atoms with Crippen LogP contribution in [0.4, 0.5) is 11.6 Å². The Morgan fingerprint density at radius 1 is 1.22 bits per heavy atom. The van der Waals surface area contributed by atoms with Crippen LogP contribution < -0.4 is 15.3 Å².